The minimum Gasteiger partial charge on any atom is -0.209 e. The molecule has 0 atom stereocenters. The Morgan fingerprint density at radius 3 is 2.82 bits per heavy atom. The van der Waals surface area contributed by atoms with Gasteiger partial charge in [0.2, 0.25) is 0 Å². The van der Waals surface area contributed by atoms with Crippen LogP contribution in [0.25, 0.3) is 0 Å². The SMILES string of the molecule is c1nnn(Cn2cnnn2)n1. The van der Waals surface area contributed by atoms with Crippen LogP contribution in [0.4, 0.5) is 0 Å². The van der Waals surface area contributed by atoms with Gasteiger partial charge in [-0.2, -0.15) is 0 Å². The zero-order valence-corrected chi connectivity index (χ0v) is 5.44. The molecule has 0 aliphatic heterocycles. The summed E-state index contributed by atoms with van der Waals surface area (Å²) in [6.07, 6.45) is 2.83. The molecule has 0 saturated heterocycles. The highest BCUT2D eigenvalue weighted by Gasteiger charge is 1.94. The molecular weight excluding hydrogens is 148 g/mol. The second-order valence-electron chi connectivity index (χ2n) is 1.80. The van der Waals surface area contributed by atoms with Gasteiger partial charge < -0.3 is 0 Å². The lowest BCUT2D eigenvalue weighted by atomic mass is 11.1. The van der Waals surface area contributed by atoms with Crippen molar-refractivity contribution in [3.8, 4) is 0 Å². The number of hydrogen-bond acceptors (Lipinski definition) is 6. The molecule has 2 aromatic rings. The van der Waals surface area contributed by atoms with Crippen LogP contribution in [0.3, 0.4) is 0 Å². The van der Waals surface area contributed by atoms with Crippen molar-refractivity contribution in [2.45, 2.75) is 6.67 Å². The van der Waals surface area contributed by atoms with Gasteiger partial charge in [0.15, 0.2) is 13.0 Å². The lowest BCUT2D eigenvalue weighted by molar-refractivity contribution is 0.435. The fourth-order valence-corrected chi connectivity index (χ4v) is 0.628. The van der Waals surface area contributed by atoms with E-state index in [1.165, 1.54) is 22.1 Å². The van der Waals surface area contributed by atoms with Crippen molar-refractivity contribution in [2.24, 2.45) is 0 Å². The third-order valence-corrected chi connectivity index (χ3v) is 1.05. The molecule has 0 amide bonds. The summed E-state index contributed by atoms with van der Waals surface area (Å²) in [5, 5.41) is 21.4. The molecule has 56 valence electrons. The summed E-state index contributed by atoms with van der Waals surface area (Å²) < 4.78 is 1.49. The molecule has 0 N–H and O–H groups in total. The van der Waals surface area contributed by atoms with Gasteiger partial charge >= 0.3 is 0 Å². The summed E-state index contributed by atoms with van der Waals surface area (Å²) in [6.45, 7) is 0.382. The van der Waals surface area contributed by atoms with Gasteiger partial charge in [0.25, 0.3) is 0 Å². The molecule has 8 nitrogen and oxygen atoms in total. The van der Waals surface area contributed by atoms with Crippen LogP contribution in [0, 0.1) is 0 Å². The predicted octanol–water partition coefficient (Wildman–Crippen LogP) is -1.83. The van der Waals surface area contributed by atoms with Gasteiger partial charge in [0.05, 0.1) is 0 Å². The Morgan fingerprint density at radius 1 is 1.18 bits per heavy atom. The Morgan fingerprint density at radius 2 is 2.18 bits per heavy atom. The summed E-state index contributed by atoms with van der Waals surface area (Å²) in [7, 11) is 0. The highest BCUT2D eigenvalue weighted by atomic mass is 15.6. The van der Waals surface area contributed by atoms with Crippen molar-refractivity contribution in [3.05, 3.63) is 12.7 Å². The van der Waals surface area contributed by atoms with E-state index >= 15 is 0 Å². The quantitative estimate of drug-likeness (QED) is 0.502. The van der Waals surface area contributed by atoms with Crippen molar-refractivity contribution in [3.63, 3.8) is 0 Å². The van der Waals surface area contributed by atoms with E-state index < -0.39 is 0 Å². The molecule has 0 spiro atoms. The largest absolute Gasteiger partial charge is 0.209 e. The zero-order valence-electron chi connectivity index (χ0n) is 5.44. The van der Waals surface area contributed by atoms with Crippen LogP contribution in [0.5, 0.6) is 0 Å². The monoisotopic (exact) mass is 152 g/mol. The summed E-state index contributed by atoms with van der Waals surface area (Å²) in [4.78, 5) is 1.37. The van der Waals surface area contributed by atoms with Gasteiger partial charge in [-0.3, -0.25) is 0 Å². The maximum atomic E-state index is 3.77. The van der Waals surface area contributed by atoms with Crippen LogP contribution < -0.4 is 0 Å². The van der Waals surface area contributed by atoms with E-state index in [9.17, 15) is 0 Å². The van der Waals surface area contributed by atoms with Gasteiger partial charge in [-0.25, -0.2) is 4.68 Å². The van der Waals surface area contributed by atoms with Gasteiger partial charge in [0.1, 0.15) is 6.33 Å². The van der Waals surface area contributed by atoms with Crippen LogP contribution in [0.15, 0.2) is 12.7 Å². The highest BCUT2D eigenvalue weighted by Crippen LogP contribution is 1.77. The molecule has 0 saturated carbocycles. The van der Waals surface area contributed by atoms with E-state index in [1.807, 2.05) is 0 Å². The molecule has 0 bridgehead atoms. The standard InChI is InChI=1S/C3H4N8/c1-4-8-11(6-1)3-10-2-5-7-9-10/h1-2H,3H2. The normalized spacial score (nSPS) is 10.2. The Hall–Kier alpha value is -1.86. The first-order valence-corrected chi connectivity index (χ1v) is 2.87. The Kier molecular flexibility index (Phi) is 1.29. The maximum Gasteiger partial charge on any atom is 0.162 e. The second kappa shape index (κ2) is 2.40. The summed E-state index contributed by atoms with van der Waals surface area (Å²) >= 11 is 0. The van der Waals surface area contributed by atoms with Crippen molar-refractivity contribution in [1.82, 2.24) is 40.4 Å². The highest BCUT2D eigenvalue weighted by molar-refractivity contribution is 4.45. The molecule has 0 aromatic carbocycles. The molecule has 11 heavy (non-hydrogen) atoms. The van der Waals surface area contributed by atoms with Crippen molar-refractivity contribution in [1.29, 1.82) is 0 Å². The van der Waals surface area contributed by atoms with E-state index in [1.54, 1.807) is 0 Å². The van der Waals surface area contributed by atoms with E-state index in [2.05, 4.69) is 30.9 Å². The Labute approximate surface area is 60.8 Å². The molecule has 2 heterocycles. The van der Waals surface area contributed by atoms with Crippen LogP contribution in [-0.4, -0.2) is 40.4 Å². The summed E-state index contributed by atoms with van der Waals surface area (Å²) in [5.74, 6) is 0. The smallest absolute Gasteiger partial charge is 0.162 e. The third kappa shape index (κ3) is 1.18. The van der Waals surface area contributed by atoms with Crippen molar-refractivity contribution in [2.75, 3.05) is 0 Å². The van der Waals surface area contributed by atoms with Crippen LogP contribution >= 0.6 is 0 Å². The average molecular weight is 152 g/mol. The molecule has 2 rings (SSSR count). The van der Waals surface area contributed by atoms with Gasteiger partial charge in [-0.1, -0.05) is 0 Å². The first-order valence-electron chi connectivity index (χ1n) is 2.87. The Bertz CT molecular complexity index is 262. The van der Waals surface area contributed by atoms with E-state index in [0.29, 0.717) is 6.67 Å². The molecule has 0 unspecified atom stereocenters. The fraction of sp³-hybridized carbons (Fsp3) is 0.333. The second-order valence-corrected chi connectivity index (χ2v) is 1.80. The molecule has 0 radical (unpaired) electrons. The summed E-state index contributed by atoms with van der Waals surface area (Å²) in [5.41, 5.74) is 0. The molecule has 0 fully saturated rings. The van der Waals surface area contributed by atoms with Gasteiger partial charge in [-0.05, 0) is 15.6 Å². The minimum absolute atomic E-state index is 0.382. The van der Waals surface area contributed by atoms with E-state index in [4.69, 9.17) is 0 Å². The fourth-order valence-electron chi connectivity index (χ4n) is 0.628. The van der Waals surface area contributed by atoms with Crippen molar-refractivity contribution < 1.29 is 0 Å². The maximum absolute atomic E-state index is 3.77. The van der Waals surface area contributed by atoms with E-state index in [-0.39, 0.29) is 0 Å². The lowest BCUT2D eigenvalue weighted by Crippen LogP contribution is -2.11. The molecule has 2 aromatic heterocycles. The zero-order chi connectivity index (χ0) is 7.52. The number of nitrogens with zero attached hydrogens (tertiary/aromatic N) is 8. The first-order chi connectivity index (χ1) is 5.45. The minimum atomic E-state index is 0.382. The predicted molar refractivity (Wildman–Crippen MR) is 31.0 cm³/mol. The topological polar surface area (TPSA) is 87.2 Å². The number of rotatable bonds is 2. The first kappa shape index (κ1) is 5.89. The van der Waals surface area contributed by atoms with Crippen LogP contribution in [-0.2, 0) is 6.67 Å². The van der Waals surface area contributed by atoms with Crippen LogP contribution in [0.2, 0.25) is 0 Å². The van der Waals surface area contributed by atoms with Crippen LogP contribution in [0.1, 0.15) is 0 Å². The molecule has 0 aliphatic carbocycles. The van der Waals surface area contributed by atoms with Gasteiger partial charge in [0, 0.05) is 0 Å². The molecule has 0 aliphatic rings. The van der Waals surface area contributed by atoms with Crippen molar-refractivity contribution >= 4 is 0 Å². The molecule has 8 heteroatoms. The third-order valence-electron chi connectivity index (χ3n) is 1.05. The van der Waals surface area contributed by atoms with Gasteiger partial charge in [-0.15, -0.1) is 20.1 Å². The number of aromatic nitrogens is 8. The number of tetrazole rings is 2. The van der Waals surface area contributed by atoms with E-state index in [0.717, 1.165) is 0 Å². The lowest BCUT2D eigenvalue weighted by Gasteiger charge is -1.93. The molecular formula is C3H4N8. The Balaban J connectivity index is 2.14. The number of hydrogen-bond donors (Lipinski definition) is 0. The summed E-state index contributed by atoms with van der Waals surface area (Å²) in [6, 6.07) is 0. The average Bonchev–Trinajstić information content (AvgIpc) is 2.60.